The molecule has 2 aromatic rings. The van der Waals surface area contributed by atoms with Gasteiger partial charge in [-0.2, -0.15) is 5.10 Å². The molecule has 5 heteroatoms. The van der Waals surface area contributed by atoms with Gasteiger partial charge >= 0.3 is 0 Å². The fourth-order valence-corrected chi connectivity index (χ4v) is 1.35. The highest BCUT2D eigenvalue weighted by Gasteiger charge is 2.00. The van der Waals surface area contributed by atoms with Gasteiger partial charge in [-0.05, 0) is 19.1 Å². The molecule has 0 atom stereocenters. The maximum absolute atomic E-state index is 5.03. The number of hydrogen-bond donors (Lipinski definition) is 2. The number of hydrogen-bond acceptors (Lipinski definition) is 4. The van der Waals surface area contributed by atoms with Crippen LogP contribution in [0.3, 0.4) is 0 Å². The van der Waals surface area contributed by atoms with E-state index >= 15 is 0 Å². The van der Waals surface area contributed by atoms with Crippen molar-refractivity contribution in [3.05, 3.63) is 35.8 Å². The molecule has 0 aromatic carbocycles. The fourth-order valence-electron chi connectivity index (χ4n) is 1.35. The molecule has 0 aliphatic rings. The Morgan fingerprint density at radius 3 is 2.81 bits per heavy atom. The lowest BCUT2D eigenvalue weighted by Gasteiger charge is -2.05. The Balaban J connectivity index is 1.97. The number of nitrogens with one attached hydrogen (secondary N) is 2. The molecule has 0 spiro atoms. The van der Waals surface area contributed by atoms with Gasteiger partial charge in [0.2, 0.25) is 0 Å². The first kappa shape index (κ1) is 10.5. The predicted molar refractivity (Wildman–Crippen MR) is 61.4 cm³/mol. The van der Waals surface area contributed by atoms with Crippen LogP contribution in [0.25, 0.3) is 0 Å². The maximum Gasteiger partial charge on any atom is 0.137 e. The minimum Gasteiger partial charge on any atom is -0.495 e. The van der Waals surface area contributed by atoms with Crippen molar-refractivity contribution < 1.29 is 4.74 Å². The monoisotopic (exact) mass is 218 g/mol. The van der Waals surface area contributed by atoms with E-state index in [-0.39, 0.29) is 0 Å². The third kappa shape index (κ3) is 2.31. The molecule has 0 radical (unpaired) electrons. The van der Waals surface area contributed by atoms with Crippen molar-refractivity contribution in [2.24, 2.45) is 0 Å². The molecule has 2 N–H and O–H groups in total. The summed E-state index contributed by atoms with van der Waals surface area (Å²) in [4.78, 5) is 4.21. The summed E-state index contributed by atoms with van der Waals surface area (Å²) in [5.74, 6) is 1.58. The Labute approximate surface area is 93.9 Å². The first-order chi connectivity index (χ1) is 7.79. The van der Waals surface area contributed by atoms with E-state index in [9.17, 15) is 0 Å². The molecular weight excluding hydrogens is 204 g/mol. The van der Waals surface area contributed by atoms with E-state index in [1.54, 1.807) is 13.3 Å². The summed E-state index contributed by atoms with van der Waals surface area (Å²) in [5, 5.41) is 10.1. The number of ether oxygens (including phenoxy) is 1. The quantitative estimate of drug-likeness (QED) is 0.820. The molecule has 5 nitrogen and oxygen atoms in total. The minimum atomic E-state index is 0.710. The van der Waals surface area contributed by atoms with Crippen LogP contribution >= 0.6 is 0 Å². The summed E-state index contributed by atoms with van der Waals surface area (Å²) < 4.78 is 5.03. The summed E-state index contributed by atoms with van der Waals surface area (Å²) in [7, 11) is 1.62. The molecule has 2 aromatic heterocycles. The Kier molecular flexibility index (Phi) is 3.05. The first-order valence-electron chi connectivity index (χ1n) is 5.02. The lowest BCUT2D eigenvalue weighted by Crippen LogP contribution is -2.01. The molecule has 0 unspecified atom stereocenters. The lowest BCUT2D eigenvalue weighted by molar-refractivity contribution is 0.413. The summed E-state index contributed by atoms with van der Waals surface area (Å²) in [5.41, 5.74) is 2.21. The molecule has 0 amide bonds. The second-order valence-electron chi connectivity index (χ2n) is 3.46. The van der Waals surface area contributed by atoms with Crippen molar-refractivity contribution in [3.8, 4) is 5.75 Å². The van der Waals surface area contributed by atoms with Gasteiger partial charge in [-0.1, -0.05) is 0 Å². The summed E-state index contributed by atoms with van der Waals surface area (Å²) in [6, 6.07) is 3.76. The molecule has 0 fully saturated rings. The zero-order valence-corrected chi connectivity index (χ0v) is 9.32. The van der Waals surface area contributed by atoms with Gasteiger partial charge in [-0.3, -0.25) is 5.10 Å². The topological polar surface area (TPSA) is 62.8 Å². The molecule has 84 valence electrons. The van der Waals surface area contributed by atoms with Gasteiger partial charge < -0.3 is 10.1 Å². The van der Waals surface area contributed by atoms with Gasteiger partial charge in [0.1, 0.15) is 11.6 Å². The van der Waals surface area contributed by atoms with E-state index in [0.717, 1.165) is 22.8 Å². The number of rotatable bonds is 4. The molecule has 0 aliphatic heterocycles. The number of H-pyrrole nitrogens is 1. The number of anilines is 1. The van der Waals surface area contributed by atoms with Crippen LogP contribution in [-0.2, 0) is 6.54 Å². The first-order valence-corrected chi connectivity index (χ1v) is 5.02. The highest BCUT2D eigenvalue weighted by Crippen LogP contribution is 2.12. The average Bonchev–Trinajstić information content (AvgIpc) is 2.73. The number of aryl methyl sites for hydroxylation is 1. The molecule has 16 heavy (non-hydrogen) atoms. The third-order valence-corrected chi connectivity index (χ3v) is 2.37. The van der Waals surface area contributed by atoms with Crippen molar-refractivity contribution in [1.29, 1.82) is 0 Å². The van der Waals surface area contributed by atoms with Crippen LogP contribution in [-0.4, -0.2) is 22.3 Å². The molecule has 2 rings (SSSR count). The van der Waals surface area contributed by atoms with Crippen LogP contribution in [0.2, 0.25) is 0 Å². The second-order valence-corrected chi connectivity index (χ2v) is 3.46. The van der Waals surface area contributed by atoms with Crippen molar-refractivity contribution in [1.82, 2.24) is 15.2 Å². The maximum atomic E-state index is 5.03. The predicted octanol–water partition coefficient (Wildman–Crippen LogP) is 1.73. The van der Waals surface area contributed by atoms with Crippen LogP contribution in [0.15, 0.2) is 24.5 Å². The summed E-state index contributed by atoms with van der Waals surface area (Å²) >= 11 is 0. The Bertz CT molecular complexity index is 449. The van der Waals surface area contributed by atoms with Crippen molar-refractivity contribution in [3.63, 3.8) is 0 Å². The molecular formula is C11H14N4O. The standard InChI is InChI=1S/C11H14N4O/c1-8-9(6-14-15-8)5-12-11-4-3-10(16-2)7-13-11/h3-4,6-7H,5H2,1-2H3,(H,12,13)(H,14,15). The minimum absolute atomic E-state index is 0.710. The molecule has 0 saturated carbocycles. The van der Waals surface area contributed by atoms with E-state index in [0.29, 0.717) is 6.54 Å². The zero-order chi connectivity index (χ0) is 11.4. The smallest absolute Gasteiger partial charge is 0.137 e. The van der Waals surface area contributed by atoms with Crippen LogP contribution in [0, 0.1) is 6.92 Å². The van der Waals surface area contributed by atoms with Crippen LogP contribution < -0.4 is 10.1 Å². The molecule has 0 aliphatic carbocycles. The number of pyridine rings is 1. The normalized spacial score (nSPS) is 10.1. The van der Waals surface area contributed by atoms with E-state index in [4.69, 9.17) is 4.74 Å². The Morgan fingerprint density at radius 1 is 1.38 bits per heavy atom. The molecule has 0 bridgehead atoms. The van der Waals surface area contributed by atoms with E-state index < -0.39 is 0 Å². The van der Waals surface area contributed by atoms with E-state index in [1.807, 2.05) is 25.3 Å². The van der Waals surface area contributed by atoms with Crippen LogP contribution in [0.5, 0.6) is 5.75 Å². The van der Waals surface area contributed by atoms with Crippen molar-refractivity contribution in [2.75, 3.05) is 12.4 Å². The highest BCUT2D eigenvalue weighted by atomic mass is 16.5. The van der Waals surface area contributed by atoms with Gasteiger partial charge in [0, 0.05) is 17.8 Å². The number of aromatic amines is 1. The zero-order valence-electron chi connectivity index (χ0n) is 9.32. The summed E-state index contributed by atoms with van der Waals surface area (Å²) in [6.07, 6.45) is 3.50. The lowest BCUT2D eigenvalue weighted by atomic mass is 10.2. The average molecular weight is 218 g/mol. The highest BCUT2D eigenvalue weighted by molar-refractivity contribution is 5.38. The fraction of sp³-hybridized carbons (Fsp3) is 0.273. The SMILES string of the molecule is COc1ccc(NCc2cn[nH]c2C)nc1. The van der Waals surface area contributed by atoms with E-state index in [2.05, 4.69) is 20.5 Å². The van der Waals surface area contributed by atoms with Gasteiger partial charge in [0.15, 0.2) is 0 Å². The van der Waals surface area contributed by atoms with Gasteiger partial charge in [0.25, 0.3) is 0 Å². The molecule has 2 heterocycles. The van der Waals surface area contributed by atoms with Gasteiger partial charge in [-0.15, -0.1) is 0 Å². The van der Waals surface area contributed by atoms with Gasteiger partial charge in [-0.25, -0.2) is 4.98 Å². The van der Waals surface area contributed by atoms with Crippen LogP contribution in [0.1, 0.15) is 11.3 Å². The van der Waals surface area contributed by atoms with Crippen LogP contribution in [0.4, 0.5) is 5.82 Å². The third-order valence-electron chi connectivity index (χ3n) is 2.37. The van der Waals surface area contributed by atoms with Crippen molar-refractivity contribution in [2.45, 2.75) is 13.5 Å². The molecule has 0 saturated heterocycles. The second kappa shape index (κ2) is 4.65. The van der Waals surface area contributed by atoms with E-state index in [1.165, 1.54) is 0 Å². The Hall–Kier alpha value is -2.04. The summed E-state index contributed by atoms with van der Waals surface area (Å²) in [6.45, 7) is 2.70. The van der Waals surface area contributed by atoms with Crippen molar-refractivity contribution >= 4 is 5.82 Å². The Morgan fingerprint density at radius 2 is 2.25 bits per heavy atom. The number of methoxy groups -OCH3 is 1. The van der Waals surface area contributed by atoms with Gasteiger partial charge in [0.05, 0.1) is 19.5 Å². The number of aromatic nitrogens is 3. The number of nitrogens with zero attached hydrogens (tertiary/aromatic N) is 2. The largest absolute Gasteiger partial charge is 0.495 e.